The number of halogens is 1. The largest absolute Gasteiger partial charge is 0.500 e. The van der Waals surface area contributed by atoms with E-state index in [1.165, 1.54) is 0 Å². The summed E-state index contributed by atoms with van der Waals surface area (Å²) in [6, 6.07) is 0. The number of allylic oxidation sites excluding steroid dienone is 1. The lowest BCUT2D eigenvalue weighted by Crippen LogP contribution is -2.41. The molecule has 1 fully saturated rings. The molecular formula is C13H19BClN3O2. The number of hydrogen-bond acceptors (Lipinski definition) is 4. The normalized spacial score (nSPS) is 21.3. The zero-order valence-corrected chi connectivity index (χ0v) is 13.2. The maximum atomic E-state index is 5.99. The molecule has 0 aromatic carbocycles. The van der Waals surface area contributed by atoms with Gasteiger partial charge in [0.05, 0.1) is 17.4 Å². The molecule has 1 saturated heterocycles. The van der Waals surface area contributed by atoms with Crippen LogP contribution in [0.15, 0.2) is 16.2 Å². The van der Waals surface area contributed by atoms with Gasteiger partial charge in [-0.15, -0.1) is 0 Å². The molecule has 0 spiro atoms. The van der Waals surface area contributed by atoms with E-state index in [-0.39, 0.29) is 0 Å². The number of aliphatic imine (C=N–C) groups is 1. The monoisotopic (exact) mass is 295 g/mol. The number of hydrogen-bond donors (Lipinski definition) is 0. The smallest absolute Gasteiger partial charge is 0.399 e. The molecule has 1 aliphatic rings. The van der Waals surface area contributed by atoms with Crippen LogP contribution in [0.3, 0.4) is 0 Å². The summed E-state index contributed by atoms with van der Waals surface area (Å²) in [6.07, 6.45) is 3.34. The third-order valence-corrected chi connectivity index (χ3v) is 3.85. The quantitative estimate of drug-likeness (QED) is 0.636. The summed E-state index contributed by atoms with van der Waals surface area (Å²) in [5, 5.41) is 4.83. The third kappa shape index (κ3) is 2.55. The van der Waals surface area contributed by atoms with E-state index in [4.69, 9.17) is 20.9 Å². The van der Waals surface area contributed by atoms with Gasteiger partial charge < -0.3 is 9.31 Å². The van der Waals surface area contributed by atoms with Crippen molar-refractivity contribution in [2.45, 2.75) is 45.8 Å². The first-order chi connectivity index (χ1) is 9.18. The van der Waals surface area contributed by atoms with Crippen molar-refractivity contribution in [2.24, 2.45) is 4.99 Å². The van der Waals surface area contributed by atoms with E-state index in [9.17, 15) is 0 Å². The number of rotatable bonds is 3. The first-order valence-corrected chi connectivity index (χ1v) is 6.79. The molecule has 0 N–H and O–H groups in total. The molecule has 0 bridgehead atoms. The summed E-state index contributed by atoms with van der Waals surface area (Å²) >= 11 is 5.88. The molecule has 7 heteroatoms. The third-order valence-electron chi connectivity index (χ3n) is 3.75. The molecule has 0 amide bonds. The second kappa shape index (κ2) is 5.02. The minimum Gasteiger partial charge on any atom is -0.399 e. The summed E-state index contributed by atoms with van der Waals surface area (Å²) < 4.78 is 13.6. The van der Waals surface area contributed by atoms with E-state index in [2.05, 4.69) is 16.8 Å². The highest BCUT2D eigenvalue weighted by atomic mass is 35.5. The highest BCUT2D eigenvalue weighted by Gasteiger charge is 2.52. The zero-order chi connectivity index (χ0) is 15.1. The van der Waals surface area contributed by atoms with Gasteiger partial charge in [-0.1, -0.05) is 11.6 Å². The first kappa shape index (κ1) is 15.3. The van der Waals surface area contributed by atoms with Gasteiger partial charge in [-0.25, -0.2) is 9.67 Å². The lowest BCUT2D eigenvalue weighted by Gasteiger charge is -2.32. The van der Waals surface area contributed by atoms with E-state index in [1.54, 1.807) is 24.0 Å². The van der Waals surface area contributed by atoms with Crippen molar-refractivity contribution in [3.63, 3.8) is 0 Å². The summed E-state index contributed by atoms with van der Waals surface area (Å²) in [7, 11) is -0.515. The predicted octanol–water partition coefficient (Wildman–Crippen LogP) is 2.57. The van der Waals surface area contributed by atoms with E-state index in [0.29, 0.717) is 10.9 Å². The van der Waals surface area contributed by atoms with Gasteiger partial charge in [-0.05, 0) is 41.3 Å². The Bertz CT molecular complexity index is 546. The fourth-order valence-electron chi connectivity index (χ4n) is 1.93. The van der Waals surface area contributed by atoms with Crippen molar-refractivity contribution in [3.8, 4) is 0 Å². The Morgan fingerprint density at radius 2 is 1.95 bits per heavy atom. The van der Waals surface area contributed by atoms with Crippen LogP contribution >= 0.6 is 11.6 Å². The fraction of sp³-hybridized carbons (Fsp3) is 0.538. The Morgan fingerprint density at radius 1 is 1.40 bits per heavy atom. The van der Waals surface area contributed by atoms with E-state index < -0.39 is 18.3 Å². The molecule has 2 rings (SSSR count). The summed E-state index contributed by atoms with van der Waals surface area (Å²) in [5.74, 6) is 0.573. The SMILES string of the molecule is C=Nc1c(B2OC(C)(C)C(C)(C)O2)cnn1/C=C(\C)Cl. The fourth-order valence-corrected chi connectivity index (χ4v) is 2.02. The molecule has 1 aromatic heterocycles. The van der Waals surface area contributed by atoms with Gasteiger partial charge in [0.1, 0.15) is 0 Å². The van der Waals surface area contributed by atoms with Crippen molar-refractivity contribution >= 4 is 42.9 Å². The predicted molar refractivity (Wildman–Crippen MR) is 83.0 cm³/mol. The molecule has 0 radical (unpaired) electrons. The Hall–Kier alpha value is -1.11. The second-order valence-corrected chi connectivity index (χ2v) is 6.43. The topological polar surface area (TPSA) is 48.6 Å². The van der Waals surface area contributed by atoms with E-state index >= 15 is 0 Å². The molecule has 0 atom stereocenters. The van der Waals surface area contributed by atoms with Gasteiger partial charge in [0, 0.05) is 16.7 Å². The maximum absolute atomic E-state index is 5.99. The van der Waals surface area contributed by atoms with Crippen molar-refractivity contribution < 1.29 is 9.31 Å². The summed E-state index contributed by atoms with van der Waals surface area (Å²) in [5.41, 5.74) is -0.0693. The van der Waals surface area contributed by atoms with Crippen LogP contribution in [0, 0.1) is 0 Å². The molecule has 0 saturated carbocycles. The average Bonchev–Trinajstić information content (AvgIpc) is 2.77. The standard InChI is InChI=1S/C13H19BClN3O2/c1-9(15)8-18-11(16-6)10(7-17-18)14-19-12(2,3)13(4,5)20-14/h7-8H,6H2,1-5H3/b9-8+. The summed E-state index contributed by atoms with van der Waals surface area (Å²) in [4.78, 5) is 4.01. The lowest BCUT2D eigenvalue weighted by atomic mass is 9.81. The minimum absolute atomic E-state index is 0.406. The lowest BCUT2D eigenvalue weighted by molar-refractivity contribution is 0.00578. The molecular weight excluding hydrogens is 276 g/mol. The van der Waals surface area contributed by atoms with Crippen LogP contribution in [0.4, 0.5) is 5.82 Å². The molecule has 0 unspecified atom stereocenters. The Morgan fingerprint density at radius 3 is 2.40 bits per heavy atom. The highest BCUT2D eigenvalue weighted by Crippen LogP contribution is 2.37. The van der Waals surface area contributed by atoms with Crippen molar-refractivity contribution in [3.05, 3.63) is 11.2 Å². The minimum atomic E-state index is -0.515. The van der Waals surface area contributed by atoms with Gasteiger partial charge in [0.2, 0.25) is 0 Å². The van der Waals surface area contributed by atoms with E-state index in [1.807, 2.05) is 27.7 Å². The zero-order valence-electron chi connectivity index (χ0n) is 12.5. The molecule has 20 heavy (non-hydrogen) atoms. The van der Waals surface area contributed by atoms with Crippen molar-refractivity contribution in [1.29, 1.82) is 0 Å². The molecule has 1 aliphatic heterocycles. The number of aromatic nitrogens is 2. The molecule has 0 aliphatic carbocycles. The van der Waals surface area contributed by atoms with Gasteiger partial charge in [0.15, 0.2) is 5.82 Å². The Labute approximate surface area is 124 Å². The van der Waals surface area contributed by atoms with Gasteiger partial charge in [-0.2, -0.15) is 5.10 Å². The summed E-state index contributed by atoms with van der Waals surface area (Å²) in [6.45, 7) is 13.4. The van der Waals surface area contributed by atoms with Gasteiger partial charge in [-0.3, -0.25) is 0 Å². The molecule has 1 aromatic rings. The molecule has 108 valence electrons. The van der Waals surface area contributed by atoms with Crippen LogP contribution in [0.2, 0.25) is 0 Å². The molecule has 5 nitrogen and oxygen atoms in total. The van der Waals surface area contributed by atoms with Crippen LogP contribution in [0.1, 0.15) is 34.6 Å². The van der Waals surface area contributed by atoms with Crippen LogP contribution < -0.4 is 5.46 Å². The van der Waals surface area contributed by atoms with Crippen molar-refractivity contribution in [2.75, 3.05) is 0 Å². The van der Waals surface area contributed by atoms with Crippen LogP contribution in [0.25, 0.3) is 6.20 Å². The first-order valence-electron chi connectivity index (χ1n) is 6.41. The van der Waals surface area contributed by atoms with Gasteiger partial charge in [0.25, 0.3) is 0 Å². The van der Waals surface area contributed by atoms with Crippen LogP contribution in [-0.2, 0) is 9.31 Å². The highest BCUT2D eigenvalue weighted by molar-refractivity contribution is 6.63. The van der Waals surface area contributed by atoms with Crippen molar-refractivity contribution in [1.82, 2.24) is 9.78 Å². The number of nitrogens with zero attached hydrogens (tertiary/aromatic N) is 3. The Balaban J connectivity index is 2.39. The average molecular weight is 296 g/mol. The van der Waals surface area contributed by atoms with Crippen LogP contribution in [0.5, 0.6) is 0 Å². The Kier molecular flexibility index (Phi) is 3.84. The van der Waals surface area contributed by atoms with Crippen LogP contribution in [-0.4, -0.2) is 34.8 Å². The maximum Gasteiger partial charge on any atom is 0.500 e. The van der Waals surface area contributed by atoms with Gasteiger partial charge >= 0.3 is 7.12 Å². The van der Waals surface area contributed by atoms with E-state index in [0.717, 1.165) is 5.46 Å². The molecule has 2 heterocycles. The second-order valence-electron chi connectivity index (χ2n) is 5.83.